The summed E-state index contributed by atoms with van der Waals surface area (Å²) >= 11 is 0. The van der Waals surface area contributed by atoms with Crippen LogP contribution in [0.3, 0.4) is 0 Å². The standard InChI is InChI=1S/C23H42N4O6S/c1-22(2,16-33-20-9-7-8-14-32-20)18(24)15-19(28)25-21(29)23(3,4)26(5)17-10-12-27(13-11-17)34(6,30)31/h15,17,20,24,28H,7-14,16H2,1-6H3,(H,25,29)/b19-15-,24-18?. The van der Waals surface area contributed by atoms with Gasteiger partial charge in [0.05, 0.1) is 18.4 Å². The Hall–Kier alpha value is -1.53. The Kier molecular flexibility index (Phi) is 9.68. The van der Waals surface area contributed by atoms with Crippen molar-refractivity contribution in [3.8, 4) is 0 Å². The topological polar surface area (TPSA) is 132 Å². The fourth-order valence-corrected chi connectivity index (χ4v) is 4.91. The van der Waals surface area contributed by atoms with Gasteiger partial charge in [0, 0.05) is 42.9 Å². The average molecular weight is 503 g/mol. The molecule has 2 aliphatic rings. The van der Waals surface area contributed by atoms with Gasteiger partial charge in [0.15, 0.2) is 12.2 Å². The van der Waals surface area contributed by atoms with Gasteiger partial charge in [0.25, 0.3) is 0 Å². The molecule has 1 unspecified atom stereocenters. The zero-order valence-electron chi connectivity index (χ0n) is 21.4. The molecule has 196 valence electrons. The third-order valence-electron chi connectivity index (χ3n) is 6.90. The lowest BCUT2D eigenvalue weighted by atomic mass is 9.88. The minimum Gasteiger partial charge on any atom is -0.494 e. The first kappa shape index (κ1) is 28.7. The molecule has 0 aromatic rings. The summed E-state index contributed by atoms with van der Waals surface area (Å²) in [7, 11) is -1.39. The number of hydrogen-bond acceptors (Lipinski definition) is 8. The predicted octanol–water partition coefficient (Wildman–Crippen LogP) is 2.23. The second kappa shape index (κ2) is 11.5. The number of rotatable bonds is 10. The number of allylic oxidation sites excluding steroid dienone is 1. The Morgan fingerprint density at radius 3 is 2.38 bits per heavy atom. The third kappa shape index (κ3) is 7.74. The molecule has 0 aromatic heterocycles. The quantitative estimate of drug-likeness (QED) is 0.308. The first-order valence-electron chi connectivity index (χ1n) is 11.9. The van der Waals surface area contributed by atoms with Crippen LogP contribution in [0.2, 0.25) is 0 Å². The average Bonchev–Trinajstić information content (AvgIpc) is 2.77. The Morgan fingerprint density at radius 2 is 1.85 bits per heavy atom. The van der Waals surface area contributed by atoms with Gasteiger partial charge >= 0.3 is 0 Å². The van der Waals surface area contributed by atoms with Crippen LogP contribution in [0.5, 0.6) is 0 Å². The molecule has 1 amide bonds. The number of likely N-dealkylation sites (N-methyl/N-ethyl adjacent to an activating group) is 1. The second-order valence-electron chi connectivity index (χ2n) is 10.5. The van der Waals surface area contributed by atoms with Crippen LogP contribution in [-0.4, -0.2) is 91.8 Å². The molecule has 2 rings (SSSR count). The van der Waals surface area contributed by atoms with E-state index in [0.29, 0.717) is 32.5 Å². The summed E-state index contributed by atoms with van der Waals surface area (Å²) in [5, 5.41) is 21.3. The van der Waals surface area contributed by atoms with E-state index in [1.807, 2.05) is 25.8 Å². The van der Waals surface area contributed by atoms with E-state index in [0.717, 1.165) is 19.3 Å². The molecule has 2 aliphatic heterocycles. The van der Waals surface area contributed by atoms with Crippen LogP contribution in [0.25, 0.3) is 0 Å². The van der Waals surface area contributed by atoms with Crippen molar-refractivity contribution in [1.82, 2.24) is 14.5 Å². The number of carbonyl (C=O) groups is 1. The van der Waals surface area contributed by atoms with E-state index in [9.17, 15) is 18.3 Å². The first-order chi connectivity index (χ1) is 15.6. The number of nitrogens with one attached hydrogen (secondary N) is 2. The van der Waals surface area contributed by atoms with Crippen LogP contribution >= 0.6 is 0 Å². The summed E-state index contributed by atoms with van der Waals surface area (Å²) in [5.41, 5.74) is -1.52. The van der Waals surface area contributed by atoms with E-state index in [-0.39, 0.29) is 24.7 Å². The highest BCUT2D eigenvalue weighted by atomic mass is 32.2. The largest absolute Gasteiger partial charge is 0.494 e. The normalized spacial score (nSPS) is 22.1. The molecule has 1 atom stereocenters. The Labute approximate surface area is 204 Å². The summed E-state index contributed by atoms with van der Waals surface area (Å²) < 4.78 is 36.3. The van der Waals surface area contributed by atoms with E-state index in [2.05, 4.69) is 5.32 Å². The van der Waals surface area contributed by atoms with E-state index in [1.54, 1.807) is 13.8 Å². The van der Waals surface area contributed by atoms with Gasteiger partial charge in [-0.15, -0.1) is 0 Å². The van der Waals surface area contributed by atoms with Crippen molar-refractivity contribution in [1.29, 1.82) is 5.41 Å². The van der Waals surface area contributed by atoms with Crippen LogP contribution in [0, 0.1) is 10.8 Å². The van der Waals surface area contributed by atoms with Crippen molar-refractivity contribution in [2.45, 2.75) is 77.7 Å². The van der Waals surface area contributed by atoms with E-state index >= 15 is 0 Å². The van der Waals surface area contributed by atoms with E-state index in [4.69, 9.17) is 14.9 Å². The van der Waals surface area contributed by atoms with Crippen LogP contribution in [0.1, 0.15) is 59.8 Å². The van der Waals surface area contributed by atoms with Gasteiger partial charge in [-0.1, -0.05) is 13.8 Å². The number of aliphatic hydroxyl groups is 1. The van der Waals surface area contributed by atoms with Crippen LogP contribution in [0.4, 0.5) is 0 Å². The van der Waals surface area contributed by atoms with Gasteiger partial charge in [-0.05, 0) is 53.0 Å². The first-order valence-corrected chi connectivity index (χ1v) is 13.7. The molecule has 34 heavy (non-hydrogen) atoms. The maximum Gasteiger partial charge on any atom is 0.246 e. The summed E-state index contributed by atoms with van der Waals surface area (Å²) in [6.07, 6.45) is 6.32. The molecule has 10 nitrogen and oxygen atoms in total. The van der Waals surface area contributed by atoms with Gasteiger partial charge in [-0.2, -0.15) is 0 Å². The molecular weight excluding hydrogens is 460 g/mol. The van der Waals surface area contributed by atoms with Crippen LogP contribution in [-0.2, 0) is 24.3 Å². The van der Waals surface area contributed by atoms with Crippen LogP contribution < -0.4 is 5.32 Å². The number of piperidine rings is 1. The highest BCUT2D eigenvalue weighted by Crippen LogP contribution is 2.25. The van der Waals surface area contributed by atoms with E-state index < -0.39 is 32.8 Å². The fourth-order valence-electron chi connectivity index (χ4n) is 4.04. The van der Waals surface area contributed by atoms with Gasteiger partial charge < -0.3 is 20.0 Å². The Bertz CT molecular complexity index is 857. The minimum absolute atomic E-state index is 0.0289. The summed E-state index contributed by atoms with van der Waals surface area (Å²) in [6.45, 7) is 8.95. The molecule has 2 fully saturated rings. The maximum absolute atomic E-state index is 13.0. The molecular formula is C23H42N4O6S. The lowest BCUT2D eigenvalue weighted by Gasteiger charge is -2.43. The van der Waals surface area contributed by atoms with Crippen molar-refractivity contribution in [3.63, 3.8) is 0 Å². The van der Waals surface area contributed by atoms with Crippen molar-refractivity contribution in [3.05, 3.63) is 12.0 Å². The molecule has 2 saturated heterocycles. The highest BCUT2D eigenvalue weighted by molar-refractivity contribution is 7.88. The lowest BCUT2D eigenvalue weighted by molar-refractivity contribution is -0.171. The smallest absolute Gasteiger partial charge is 0.246 e. The number of amides is 1. The Morgan fingerprint density at radius 1 is 1.24 bits per heavy atom. The van der Waals surface area contributed by atoms with Gasteiger partial charge in [0.2, 0.25) is 15.9 Å². The summed E-state index contributed by atoms with van der Waals surface area (Å²) in [5.74, 6) is -0.808. The molecule has 0 spiro atoms. The second-order valence-corrected chi connectivity index (χ2v) is 12.4. The maximum atomic E-state index is 13.0. The van der Waals surface area contributed by atoms with E-state index in [1.165, 1.54) is 16.6 Å². The molecule has 0 saturated carbocycles. The minimum atomic E-state index is -3.22. The van der Waals surface area contributed by atoms with Crippen LogP contribution in [0.15, 0.2) is 12.0 Å². The van der Waals surface area contributed by atoms with Gasteiger partial charge in [0.1, 0.15) is 0 Å². The molecule has 0 aliphatic carbocycles. The monoisotopic (exact) mass is 502 g/mol. The number of sulfonamides is 1. The molecule has 2 heterocycles. The highest BCUT2D eigenvalue weighted by Gasteiger charge is 2.39. The molecule has 0 radical (unpaired) electrons. The number of nitrogens with zero attached hydrogens (tertiary/aromatic N) is 2. The zero-order valence-corrected chi connectivity index (χ0v) is 22.2. The molecule has 3 N–H and O–H groups in total. The van der Waals surface area contributed by atoms with Gasteiger partial charge in [-0.25, -0.2) is 12.7 Å². The summed E-state index contributed by atoms with van der Waals surface area (Å²) in [4.78, 5) is 14.9. The lowest BCUT2D eigenvalue weighted by Crippen LogP contribution is -2.58. The molecule has 11 heteroatoms. The third-order valence-corrected chi connectivity index (χ3v) is 8.20. The van der Waals surface area contributed by atoms with Crippen molar-refractivity contribution >= 4 is 21.6 Å². The number of hydrogen-bond donors (Lipinski definition) is 3. The van der Waals surface area contributed by atoms with Crippen molar-refractivity contribution < 1.29 is 27.8 Å². The number of carbonyl (C=O) groups excluding carboxylic acids is 1. The van der Waals surface area contributed by atoms with Crippen molar-refractivity contribution in [2.75, 3.05) is 39.6 Å². The number of aliphatic hydroxyl groups excluding tert-OH is 1. The van der Waals surface area contributed by atoms with Crippen molar-refractivity contribution in [2.24, 2.45) is 5.41 Å². The Balaban J connectivity index is 1.92. The number of ether oxygens (including phenoxy) is 2. The molecule has 0 bridgehead atoms. The molecule has 0 aromatic carbocycles. The summed E-state index contributed by atoms with van der Waals surface area (Å²) in [6, 6.07) is 0.0289. The SMILES string of the molecule is CN(C1CCN(S(C)(=O)=O)CC1)C(C)(C)C(=O)N/C(O)=C/C(=N)C(C)(C)COC1CCCCO1. The zero-order chi connectivity index (χ0) is 25.7. The van der Waals surface area contributed by atoms with Gasteiger partial charge in [-0.3, -0.25) is 15.0 Å². The predicted molar refractivity (Wildman–Crippen MR) is 131 cm³/mol. The fraction of sp³-hybridized carbons (Fsp3) is 0.826.